The van der Waals surface area contributed by atoms with Crippen LogP contribution in [0.1, 0.15) is 5.69 Å². The molecule has 1 amide bonds. The van der Waals surface area contributed by atoms with Crippen molar-refractivity contribution in [1.82, 2.24) is 9.97 Å². The minimum absolute atomic E-state index is 0.113. The molecular weight excluding hydrogens is 330 g/mol. The Morgan fingerprint density at radius 1 is 1.22 bits per heavy atom. The molecule has 0 saturated heterocycles. The lowest BCUT2D eigenvalue weighted by atomic mass is 10.3. The molecule has 0 fully saturated rings. The van der Waals surface area contributed by atoms with Crippen LogP contribution < -0.4 is 5.32 Å². The van der Waals surface area contributed by atoms with Gasteiger partial charge in [0.15, 0.2) is 5.58 Å². The minimum atomic E-state index is -0.113. The van der Waals surface area contributed by atoms with Crippen molar-refractivity contribution in [3.05, 3.63) is 42.1 Å². The number of nitrogens with zero attached hydrogens (tertiary/aromatic N) is 2. The van der Waals surface area contributed by atoms with Gasteiger partial charge in [-0.15, -0.1) is 11.8 Å². The average Bonchev–Trinajstić information content (AvgIpc) is 2.97. The maximum atomic E-state index is 12.1. The molecule has 23 heavy (non-hydrogen) atoms. The quantitative estimate of drug-likeness (QED) is 0.705. The van der Waals surface area contributed by atoms with E-state index in [4.69, 9.17) is 4.42 Å². The van der Waals surface area contributed by atoms with Crippen LogP contribution in [0.3, 0.4) is 0 Å². The standard InChI is InChI=1S/C16H15N3O2S2/c1-10-7-8-12(15(17-10)22-2)18-14(20)9-23-16-19-11-5-3-4-6-13(11)21-16/h3-8H,9H2,1-2H3,(H,18,20). The lowest BCUT2D eigenvalue weighted by molar-refractivity contribution is -0.113. The van der Waals surface area contributed by atoms with Crippen LogP contribution in [0.4, 0.5) is 5.69 Å². The van der Waals surface area contributed by atoms with Crippen molar-refractivity contribution in [3.8, 4) is 0 Å². The topological polar surface area (TPSA) is 68.0 Å². The van der Waals surface area contributed by atoms with E-state index in [1.165, 1.54) is 23.5 Å². The Kier molecular flexibility index (Phi) is 4.88. The average molecular weight is 345 g/mol. The number of para-hydroxylation sites is 2. The number of oxazole rings is 1. The maximum Gasteiger partial charge on any atom is 0.257 e. The van der Waals surface area contributed by atoms with E-state index in [0.29, 0.717) is 5.22 Å². The first kappa shape index (κ1) is 15.9. The first-order valence-electron chi connectivity index (χ1n) is 6.95. The number of aromatic nitrogens is 2. The van der Waals surface area contributed by atoms with Gasteiger partial charge in [-0.05, 0) is 37.4 Å². The van der Waals surface area contributed by atoms with E-state index in [0.717, 1.165) is 27.5 Å². The first-order chi connectivity index (χ1) is 11.2. The van der Waals surface area contributed by atoms with Gasteiger partial charge in [-0.1, -0.05) is 23.9 Å². The van der Waals surface area contributed by atoms with Crippen LogP contribution in [-0.4, -0.2) is 27.9 Å². The van der Waals surface area contributed by atoms with Crippen molar-refractivity contribution in [1.29, 1.82) is 0 Å². The molecule has 3 aromatic rings. The fourth-order valence-electron chi connectivity index (χ4n) is 2.01. The third-order valence-electron chi connectivity index (χ3n) is 3.07. The number of amides is 1. The number of carbonyl (C=O) groups excluding carboxylic acids is 1. The van der Waals surface area contributed by atoms with E-state index in [2.05, 4.69) is 15.3 Å². The number of hydrogen-bond acceptors (Lipinski definition) is 6. The Bertz CT molecular complexity index is 815. The number of carbonyl (C=O) groups is 1. The minimum Gasteiger partial charge on any atom is -0.431 e. The highest BCUT2D eigenvalue weighted by Gasteiger charge is 2.11. The monoisotopic (exact) mass is 345 g/mol. The summed E-state index contributed by atoms with van der Waals surface area (Å²) in [4.78, 5) is 20.9. The van der Waals surface area contributed by atoms with E-state index < -0.39 is 0 Å². The molecule has 2 aromatic heterocycles. The van der Waals surface area contributed by atoms with Gasteiger partial charge in [0.2, 0.25) is 5.91 Å². The van der Waals surface area contributed by atoms with Gasteiger partial charge in [0.1, 0.15) is 10.5 Å². The van der Waals surface area contributed by atoms with E-state index >= 15 is 0 Å². The van der Waals surface area contributed by atoms with Gasteiger partial charge in [-0.25, -0.2) is 9.97 Å². The van der Waals surface area contributed by atoms with Gasteiger partial charge in [0.25, 0.3) is 5.22 Å². The molecule has 1 aromatic carbocycles. The summed E-state index contributed by atoms with van der Waals surface area (Å²) in [5.41, 5.74) is 3.17. The molecule has 0 aliphatic carbocycles. The van der Waals surface area contributed by atoms with Crippen molar-refractivity contribution < 1.29 is 9.21 Å². The highest BCUT2D eigenvalue weighted by Crippen LogP contribution is 2.25. The first-order valence-corrected chi connectivity index (χ1v) is 9.16. The molecule has 0 spiro atoms. The normalized spacial score (nSPS) is 10.9. The molecule has 0 atom stereocenters. The van der Waals surface area contributed by atoms with Crippen molar-refractivity contribution in [2.24, 2.45) is 0 Å². The SMILES string of the molecule is CSc1nc(C)ccc1NC(=O)CSc1nc2ccccc2o1. The fourth-order valence-corrected chi connectivity index (χ4v) is 3.22. The highest BCUT2D eigenvalue weighted by molar-refractivity contribution is 7.99. The summed E-state index contributed by atoms with van der Waals surface area (Å²) >= 11 is 2.78. The van der Waals surface area contributed by atoms with Crippen molar-refractivity contribution in [3.63, 3.8) is 0 Å². The molecule has 0 aliphatic rings. The number of anilines is 1. The maximum absolute atomic E-state index is 12.1. The van der Waals surface area contributed by atoms with Gasteiger partial charge in [0.05, 0.1) is 11.4 Å². The number of nitrogens with one attached hydrogen (secondary N) is 1. The summed E-state index contributed by atoms with van der Waals surface area (Å²) in [5.74, 6) is 0.118. The Morgan fingerprint density at radius 3 is 2.83 bits per heavy atom. The molecule has 2 heterocycles. The molecule has 0 bridgehead atoms. The second kappa shape index (κ2) is 7.06. The Labute approximate surface area is 142 Å². The predicted octanol–water partition coefficient (Wildman–Crippen LogP) is 3.98. The lowest BCUT2D eigenvalue weighted by Crippen LogP contribution is -2.15. The third kappa shape index (κ3) is 3.86. The largest absolute Gasteiger partial charge is 0.431 e. The van der Waals surface area contributed by atoms with Crippen molar-refractivity contribution >= 4 is 46.2 Å². The van der Waals surface area contributed by atoms with E-state index in [1.54, 1.807) is 0 Å². The zero-order chi connectivity index (χ0) is 16.2. The highest BCUT2D eigenvalue weighted by atomic mass is 32.2. The molecule has 7 heteroatoms. The molecule has 118 valence electrons. The van der Waals surface area contributed by atoms with Gasteiger partial charge in [-0.2, -0.15) is 0 Å². The molecular formula is C16H15N3O2S2. The van der Waals surface area contributed by atoms with Crippen LogP contribution in [-0.2, 0) is 4.79 Å². The summed E-state index contributed by atoms with van der Waals surface area (Å²) in [6.07, 6.45) is 1.94. The van der Waals surface area contributed by atoms with Crippen LogP contribution in [0.15, 0.2) is 51.1 Å². The zero-order valence-corrected chi connectivity index (χ0v) is 14.3. The van der Waals surface area contributed by atoms with Gasteiger partial charge < -0.3 is 9.73 Å². The second-order valence-corrected chi connectivity index (χ2v) is 6.52. The number of aryl methyl sites for hydroxylation is 1. The summed E-state index contributed by atoms with van der Waals surface area (Å²) in [7, 11) is 0. The van der Waals surface area contributed by atoms with Crippen molar-refractivity contribution in [2.75, 3.05) is 17.3 Å². The van der Waals surface area contributed by atoms with E-state index in [9.17, 15) is 4.79 Å². The number of rotatable bonds is 5. The van der Waals surface area contributed by atoms with Crippen LogP contribution in [0.5, 0.6) is 0 Å². The molecule has 3 rings (SSSR count). The molecule has 0 saturated carbocycles. The second-order valence-electron chi connectivity index (χ2n) is 4.79. The number of thioether (sulfide) groups is 2. The zero-order valence-electron chi connectivity index (χ0n) is 12.7. The Hall–Kier alpha value is -1.99. The molecule has 0 unspecified atom stereocenters. The number of pyridine rings is 1. The molecule has 1 N–H and O–H groups in total. The van der Waals surface area contributed by atoms with E-state index in [1.807, 2.05) is 49.6 Å². The smallest absolute Gasteiger partial charge is 0.257 e. The van der Waals surface area contributed by atoms with E-state index in [-0.39, 0.29) is 11.7 Å². The van der Waals surface area contributed by atoms with Crippen LogP contribution in [0, 0.1) is 6.92 Å². The van der Waals surface area contributed by atoms with Crippen LogP contribution >= 0.6 is 23.5 Å². The van der Waals surface area contributed by atoms with Crippen LogP contribution in [0.25, 0.3) is 11.1 Å². The Balaban J connectivity index is 1.63. The summed E-state index contributed by atoms with van der Waals surface area (Å²) in [6.45, 7) is 1.93. The summed E-state index contributed by atoms with van der Waals surface area (Å²) < 4.78 is 5.58. The summed E-state index contributed by atoms with van der Waals surface area (Å²) in [5, 5.41) is 4.18. The van der Waals surface area contributed by atoms with Gasteiger partial charge in [-0.3, -0.25) is 4.79 Å². The van der Waals surface area contributed by atoms with Crippen LogP contribution in [0.2, 0.25) is 0 Å². The fraction of sp³-hybridized carbons (Fsp3) is 0.188. The Morgan fingerprint density at radius 2 is 2.04 bits per heavy atom. The molecule has 0 aliphatic heterocycles. The number of hydrogen-bond donors (Lipinski definition) is 1. The number of fused-ring (bicyclic) bond motifs is 1. The lowest BCUT2D eigenvalue weighted by Gasteiger charge is -2.08. The summed E-state index contributed by atoms with van der Waals surface area (Å²) in [6, 6.07) is 11.3. The molecule has 5 nitrogen and oxygen atoms in total. The number of benzene rings is 1. The third-order valence-corrected chi connectivity index (χ3v) is 4.59. The van der Waals surface area contributed by atoms with Crippen molar-refractivity contribution in [2.45, 2.75) is 17.2 Å². The predicted molar refractivity (Wildman–Crippen MR) is 94.1 cm³/mol. The van der Waals surface area contributed by atoms with Gasteiger partial charge >= 0.3 is 0 Å². The molecule has 0 radical (unpaired) electrons. The van der Waals surface area contributed by atoms with Gasteiger partial charge in [0, 0.05) is 5.69 Å².